The lowest BCUT2D eigenvalue weighted by Gasteiger charge is -2.25. The Balaban J connectivity index is 1.23. The molecule has 0 aromatic heterocycles. The SMILES string of the molecule is CCN1/C(=C/C=C/C2=[N+](CCCCCC(=O)NCCNC(=O)c3ccc(NC(=O)CI)cc3)c3ccc(S(=O)(=O)O)cc3C2(C)C)C(C)(C)c2cc(S(=O)(=O)O)ccc21. The zero-order valence-electron chi connectivity index (χ0n) is 33.7. The van der Waals surface area contributed by atoms with E-state index in [1.54, 1.807) is 36.4 Å². The van der Waals surface area contributed by atoms with Gasteiger partial charge in [0, 0.05) is 78.2 Å². The minimum atomic E-state index is -4.45. The van der Waals surface area contributed by atoms with Crippen LogP contribution in [0.3, 0.4) is 0 Å². The molecule has 0 aliphatic carbocycles. The number of amides is 3. The molecule has 0 radical (unpaired) electrons. The fourth-order valence-electron chi connectivity index (χ4n) is 7.64. The summed E-state index contributed by atoms with van der Waals surface area (Å²) < 4.78 is 70.2. The topological polar surface area (TPSA) is 202 Å². The second kappa shape index (κ2) is 18.5. The molecular formula is C42H51IN5O9S2+. The lowest BCUT2D eigenvalue weighted by molar-refractivity contribution is -0.438. The van der Waals surface area contributed by atoms with Crippen LogP contribution in [0.15, 0.2) is 94.4 Å². The molecule has 2 aliphatic rings. The van der Waals surface area contributed by atoms with Gasteiger partial charge in [-0.2, -0.15) is 21.4 Å². The summed E-state index contributed by atoms with van der Waals surface area (Å²) in [6, 6.07) is 15.8. The van der Waals surface area contributed by atoms with Gasteiger partial charge in [-0.25, -0.2) is 0 Å². The first kappa shape index (κ1) is 45.7. The Morgan fingerprint density at radius 3 is 2.05 bits per heavy atom. The highest BCUT2D eigenvalue weighted by Crippen LogP contribution is 2.48. The number of likely N-dealkylation sites (N-methyl/N-ethyl adjacent to an activating group) is 1. The van der Waals surface area contributed by atoms with Crippen molar-refractivity contribution in [3.8, 4) is 0 Å². The van der Waals surface area contributed by atoms with Crippen molar-refractivity contribution in [2.24, 2.45) is 0 Å². The maximum absolute atomic E-state index is 12.6. The van der Waals surface area contributed by atoms with Crippen molar-refractivity contribution in [3.05, 3.63) is 101 Å². The van der Waals surface area contributed by atoms with Crippen LogP contribution in [-0.4, -0.2) is 84.6 Å². The van der Waals surface area contributed by atoms with Crippen LogP contribution in [0.4, 0.5) is 17.1 Å². The predicted molar refractivity (Wildman–Crippen MR) is 236 cm³/mol. The average molecular weight is 961 g/mol. The lowest BCUT2D eigenvalue weighted by atomic mass is 9.81. The molecule has 0 atom stereocenters. The number of rotatable bonds is 17. The van der Waals surface area contributed by atoms with Crippen molar-refractivity contribution in [1.29, 1.82) is 0 Å². The fraction of sp³-hybridized carbons (Fsp3) is 0.381. The van der Waals surface area contributed by atoms with Crippen molar-refractivity contribution in [2.45, 2.75) is 80.9 Å². The number of benzene rings is 3. The minimum Gasteiger partial charge on any atom is -0.354 e. The summed E-state index contributed by atoms with van der Waals surface area (Å²) in [6.45, 7) is 11.7. The van der Waals surface area contributed by atoms with Crippen LogP contribution in [0.25, 0.3) is 0 Å². The van der Waals surface area contributed by atoms with Gasteiger partial charge in [0.1, 0.15) is 6.54 Å². The number of hydrogen-bond acceptors (Lipinski definition) is 8. The number of alkyl halides is 1. The van der Waals surface area contributed by atoms with E-state index in [4.69, 9.17) is 0 Å². The van der Waals surface area contributed by atoms with Crippen LogP contribution in [0.2, 0.25) is 0 Å². The number of halogens is 1. The predicted octanol–water partition coefficient (Wildman–Crippen LogP) is 6.29. The molecule has 14 nitrogen and oxygen atoms in total. The first-order valence-electron chi connectivity index (χ1n) is 19.3. The van der Waals surface area contributed by atoms with E-state index in [2.05, 4.69) is 25.4 Å². The molecule has 5 N–H and O–H groups in total. The van der Waals surface area contributed by atoms with E-state index in [9.17, 15) is 40.3 Å². The Morgan fingerprint density at radius 1 is 0.797 bits per heavy atom. The van der Waals surface area contributed by atoms with Crippen LogP contribution >= 0.6 is 22.6 Å². The number of nitrogens with zero attached hydrogens (tertiary/aromatic N) is 2. The molecule has 3 amide bonds. The zero-order chi connectivity index (χ0) is 43.3. The smallest absolute Gasteiger partial charge is 0.294 e. The van der Waals surface area contributed by atoms with E-state index >= 15 is 0 Å². The number of unbranched alkanes of at least 4 members (excludes halogenated alkanes) is 2. The summed E-state index contributed by atoms with van der Waals surface area (Å²) in [5.74, 6) is -0.548. The van der Waals surface area contributed by atoms with Crippen molar-refractivity contribution >= 4 is 83.3 Å². The Labute approximate surface area is 359 Å². The number of fused-ring (bicyclic) bond motifs is 2. The molecule has 2 aliphatic heterocycles. The summed E-state index contributed by atoms with van der Waals surface area (Å²) in [4.78, 5) is 38.4. The normalized spacial score (nSPS) is 16.3. The van der Waals surface area contributed by atoms with Gasteiger partial charge in [0.2, 0.25) is 17.5 Å². The van der Waals surface area contributed by atoms with E-state index in [0.29, 0.717) is 41.6 Å². The molecule has 2 heterocycles. The first-order valence-corrected chi connectivity index (χ1v) is 23.7. The van der Waals surface area contributed by atoms with Gasteiger partial charge in [-0.15, -0.1) is 0 Å². The molecule has 0 bridgehead atoms. The summed E-state index contributed by atoms with van der Waals surface area (Å²) in [7, 11) is -8.84. The Bertz CT molecular complexity index is 2440. The third kappa shape index (κ3) is 10.5. The Morgan fingerprint density at radius 2 is 1.42 bits per heavy atom. The molecule has 0 spiro atoms. The summed E-state index contributed by atoms with van der Waals surface area (Å²) in [5.41, 5.74) is 4.80. The molecule has 0 saturated heterocycles. The molecule has 59 heavy (non-hydrogen) atoms. The molecule has 3 aromatic carbocycles. The maximum atomic E-state index is 12.6. The fourth-order valence-corrected chi connectivity index (χ4v) is 8.85. The number of carbonyl (C=O) groups is 3. The highest BCUT2D eigenvalue weighted by Gasteiger charge is 2.45. The second-order valence-electron chi connectivity index (χ2n) is 15.4. The third-order valence-electron chi connectivity index (χ3n) is 10.7. The first-order chi connectivity index (χ1) is 27.7. The lowest BCUT2D eigenvalue weighted by Crippen LogP contribution is -2.34. The largest absolute Gasteiger partial charge is 0.354 e. The standard InChI is InChI=1S/C42H50IN5O9S2/c1-6-47-34-20-18-30(58(52,53)54)25-32(34)41(2,3)36(47)11-10-12-37-42(4,5)33-26-31(59(55,56)57)19-21-35(33)48(37)24-9-7-8-13-38(49)44-22-23-45-40(51)28-14-16-29(17-15-28)46-39(50)27-43/h10-12,14-21,25-26H,6-9,13,22-24,27H2,1-5H3,(H4-,44,45,46,49,50,51,52,53,54,55,56,57)/p+1. The number of nitrogens with one attached hydrogen (secondary N) is 3. The maximum Gasteiger partial charge on any atom is 0.294 e. The molecule has 17 heteroatoms. The van der Waals surface area contributed by atoms with Crippen molar-refractivity contribution in [2.75, 3.05) is 40.8 Å². The summed E-state index contributed by atoms with van der Waals surface area (Å²) in [5, 5.41) is 8.34. The monoisotopic (exact) mass is 960 g/mol. The number of allylic oxidation sites excluding steroid dienone is 4. The van der Waals surface area contributed by atoms with E-state index in [0.717, 1.165) is 46.8 Å². The van der Waals surface area contributed by atoms with Gasteiger partial charge in [0.15, 0.2) is 5.71 Å². The quantitative estimate of drug-likeness (QED) is 0.0337. The molecule has 0 fully saturated rings. The van der Waals surface area contributed by atoms with E-state index in [-0.39, 0.29) is 40.6 Å². The Kier molecular flexibility index (Phi) is 14.3. The minimum absolute atomic E-state index is 0.129. The second-order valence-corrected chi connectivity index (χ2v) is 19.0. The average Bonchev–Trinajstić information content (AvgIpc) is 3.53. The molecule has 0 saturated carbocycles. The molecule has 0 unspecified atom stereocenters. The van der Waals surface area contributed by atoms with Crippen LogP contribution < -0.4 is 20.9 Å². The zero-order valence-corrected chi connectivity index (χ0v) is 37.5. The number of hydrogen-bond donors (Lipinski definition) is 5. The molecular weight excluding hydrogens is 910 g/mol. The van der Waals surface area contributed by atoms with Gasteiger partial charge < -0.3 is 20.9 Å². The van der Waals surface area contributed by atoms with E-state index in [1.165, 1.54) is 24.3 Å². The van der Waals surface area contributed by atoms with Crippen LogP contribution in [0.5, 0.6) is 0 Å². The van der Waals surface area contributed by atoms with Gasteiger partial charge >= 0.3 is 0 Å². The van der Waals surface area contributed by atoms with Gasteiger partial charge in [0.05, 0.1) is 19.6 Å². The number of anilines is 2. The van der Waals surface area contributed by atoms with Gasteiger partial charge in [-0.1, -0.05) is 42.5 Å². The van der Waals surface area contributed by atoms with Gasteiger partial charge in [-0.3, -0.25) is 23.5 Å². The third-order valence-corrected chi connectivity index (χ3v) is 13.1. The van der Waals surface area contributed by atoms with Gasteiger partial charge in [-0.05, 0) is 99.8 Å². The van der Waals surface area contributed by atoms with E-state index < -0.39 is 31.1 Å². The van der Waals surface area contributed by atoms with Crippen molar-refractivity contribution in [3.63, 3.8) is 0 Å². The van der Waals surface area contributed by atoms with Crippen molar-refractivity contribution in [1.82, 2.24) is 10.6 Å². The molecule has 5 rings (SSSR count). The summed E-state index contributed by atoms with van der Waals surface area (Å²) >= 11 is 1.97. The molecule has 316 valence electrons. The van der Waals surface area contributed by atoms with Crippen LogP contribution in [0.1, 0.15) is 81.8 Å². The molecule has 3 aromatic rings. The summed E-state index contributed by atoms with van der Waals surface area (Å²) in [6.07, 6.45) is 8.31. The van der Waals surface area contributed by atoms with Crippen molar-refractivity contribution < 1.29 is 44.9 Å². The highest BCUT2D eigenvalue weighted by molar-refractivity contribution is 14.1. The Hall–Kier alpha value is -4.43. The number of carbonyl (C=O) groups excluding carboxylic acids is 3. The van der Waals surface area contributed by atoms with Crippen LogP contribution in [0, 0.1) is 0 Å². The van der Waals surface area contributed by atoms with E-state index in [1.807, 2.05) is 75.4 Å². The van der Waals surface area contributed by atoms with Crippen LogP contribution in [-0.2, 0) is 40.7 Å². The highest BCUT2D eigenvalue weighted by atomic mass is 127. The van der Waals surface area contributed by atoms with Gasteiger partial charge in [0.25, 0.3) is 26.1 Å².